The molecule has 1 fully saturated rings. The summed E-state index contributed by atoms with van der Waals surface area (Å²) in [5, 5.41) is 7.86. The lowest BCUT2D eigenvalue weighted by atomic mass is 10.1. The average Bonchev–Trinajstić information content (AvgIpc) is 3.04. The molecule has 0 radical (unpaired) electrons. The summed E-state index contributed by atoms with van der Waals surface area (Å²) in [5.74, 6) is 0.500. The molecule has 4 nitrogen and oxygen atoms in total. The third-order valence-corrected chi connectivity index (χ3v) is 2.91. The van der Waals surface area contributed by atoms with Gasteiger partial charge in [0.1, 0.15) is 0 Å². The molecule has 1 aliphatic carbocycles. The van der Waals surface area contributed by atoms with Gasteiger partial charge >= 0.3 is 0 Å². The number of benzene rings is 1. The van der Waals surface area contributed by atoms with Crippen LogP contribution in [-0.4, -0.2) is 11.7 Å². The number of nitrogens with two attached hydrogens (primary N) is 2. The third-order valence-electron chi connectivity index (χ3n) is 2.38. The summed E-state index contributed by atoms with van der Waals surface area (Å²) in [5.41, 5.74) is 12.6. The van der Waals surface area contributed by atoms with Crippen molar-refractivity contribution >= 4 is 27.6 Å². The minimum absolute atomic E-state index is 0.00439. The van der Waals surface area contributed by atoms with Crippen molar-refractivity contribution in [2.24, 2.45) is 27.6 Å². The lowest BCUT2D eigenvalue weighted by Gasteiger charge is -2.03. The van der Waals surface area contributed by atoms with Crippen LogP contribution in [0.3, 0.4) is 0 Å². The predicted molar refractivity (Wildman–Crippen MR) is 69.2 cm³/mol. The summed E-state index contributed by atoms with van der Waals surface area (Å²) in [6.07, 6.45) is 2.32. The summed E-state index contributed by atoms with van der Waals surface area (Å²) >= 11 is 3.40. The van der Waals surface area contributed by atoms with Gasteiger partial charge in [0.05, 0.1) is 5.71 Å². The van der Waals surface area contributed by atoms with Gasteiger partial charge in [-0.25, -0.2) is 0 Å². The first-order chi connectivity index (χ1) is 7.66. The van der Waals surface area contributed by atoms with Gasteiger partial charge in [-0.05, 0) is 30.5 Å². The Labute approximate surface area is 103 Å². The summed E-state index contributed by atoms with van der Waals surface area (Å²) in [6, 6.07) is 8.01. The van der Waals surface area contributed by atoms with Crippen LogP contribution in [0.15, 0.2) is 38.9 Å². The van der Waals surface area contributed by atoms with E-state index in [0.717, 1.165) is 28.6 Å². The highest BCUT2D eigenvalue weighted by Crippen LogP contribution is 2.33. The summed E-state index contributed by atoms with van der Waals surface area (Å²) in [4.78, 5) is 0. The molecule has 1 aromatic carbocycles. The van der Waals surface area contributed by atoms with Gasteiger partial charge in [-0.15, -0.1) is 5.10 Å². The van der Waals surface area contributed by atoms with Crippen LogP contribution < -0.4 is 11.5 Å². The van der Waals surface area contributed by atoms with Crippen LogP contribution in [0, 0.1) is 5.92 Å². The standard InChI is InChI=1S/C11H13BrN4/c12-9-5-3-8(4-6-9)10(7-1-2-7)15-16-11(13)14/h3-7H,1-2H2,(H4,13,14,16)/b15-10-. The topological polar surface area (TPSA) is 76.8 Å². The van der Waals surface area contributed by atoms with E-state index in [1.165, 1.54) is 0 Å². The van der Waals surface area contributed by atoms with E-state index < -0.39 is 0 Å². The molecule has 0 spiro atoms. The molecular formula is C11H13BrN4. The molecule has 0 aliphatic heterocycles. The first kappa shape index (κ1) is 11.1. The zero-order chi connectivity index (χ0) is 11.5. The van der Waals surface area contributed by atoms with Gasteiger partial charge in [0, 0.05) is 10.4 Å². The Hall–Kier alpha value is -1.36. The number of hydrogen-bond donors (Lipinski definition) is 2. The van der Waals surface area contributed by atoms with Crippen molar-refractivity contribution in [2.75, 3.05) is 0 Å². The van der Waals surface area contributed by atoms with E-state index in [1.54, 1.807) is 0 Å². The minimum atomic E-state index is -0.00439. The molecule has 1 saturated carbocycles. The third kappa shape index (κ3) is 2.82. The van der Waals surface area contributed by atoms with E-state index in [-0.39, 0.29) is 5.96 Å². The fourth-order valence-corrected chi connectivity index (χ4v) is 1.73. The van der Waals surface area contributed by atoms with Crippen LogP contribution >= 0.6 is 15.9 Å². The molecule has 16 heavy (non-hydrogen) atoms. The first-order valence-electron chi connectivity index (χ1n) is 5.09. The van der Waals surface area contributed by atoms with Crippen molar-refractivity contribution in [3.05, 3.63) is 34.3 Å². The van der Waals surface area contributed by atoms with Crippen LogP contribution in [0.2, 0.25) is 0 Å². The molecule has 1 aromatic rings. The first-order valence-corrected chi connectivity index (χ1v) is 5.88. The van der Waals surface area contributed by atoms with Gasteiger partial charge < -0.3 is 11.5 Å². The zero-order valence-corrected chi connectivity index (χ0v) is 10.3. The average molecular weight is 281 g/mol. The molecule has 2 rings (SSSR count). The van der Waals surface area contributed by atoms with Crippen molar-refractivity contribution in [2.45, 2.75) is 12.8 Å². The maximum Gasteiger partial charge on any atom is 0.211 e. The second kappa shape index (κ2) is 4.65. The minimum Gasteiger partial charge on any atom is -0.369 e. The van der Waals surface area contributed by atoms with Crippen LogP contribution in [-0.2, 0) is 0 Å². The van der Waals surface area contributed by atoms with E-state index in [0.29, 0.717) is 5.92 Å². The van der Waals surface area contributed by atoms with Crippen molar-refractivity contribution in [1.82, 2.24) is 0 Å². The molecule has 0 aromatic heterocycles. The lowest BCUT2D eigenvalue weighted by molar-refractivity contribution is 1.11. The van der Waals surface area contributed by atoms with Crippen LogP contribution in [0.1, 0.15) is 18.4 Å². The molecule has 0 saturated heterocycles. The van der Waals surface area contributed by atoms with Gasteiger partial charge in [-0.1, -0.05) is 28.1 Å². The molecule has 0 bridgehead atoms. The SMILES string of the molecule is NC(N)=N/N=C(\c1ccc(Br)cc1)C1CC1. The number of nitrogens with zero attached hydrogens (tertiary/aromatic N) is 2. The van der Waals surface area contributed by atoms with E-state index in [1.807, 2.05) is 24.3 Å². The Kier molecular flexibility index (Phi) is 3.24. The van der Waals surface area contributed by atoms with Gasteiger partial charge in [-0.2, -0.15) is 5.10 Å². The van der Waals surface area contributed by atoms with E-state index in [4.69, 9.17) is 11.5 Å². The quantitative estimate of drug-likeness (QED) is 0.504. The van der Waals surface area contributed by atoms with Gasteiger partial charge in [0.25, 0.3) is 0 Å². The van der Waals surface area contributed by atoms with Crippen LogP contribution in [0.5, 0.6) is 0 Å². The van der Waals surface area contributed by atoms with Gasteiger partial charge in [0.15, 0.2) is 0 Å². The molecule has 84 valence electrons. The Morgan fingerprint density at radius 2 is 1.75 bits per heavy atom. The molecule has 0 unspecified atom stereocenters. The van der Waals surface area contributed by atoms with E-state index in [2.05, 4.69) is 26.1 Å². The van der Waals surface area contributed by atoms with Crippen molar-refractivity contribution in [3.63, 3.8) is 0 Å². The molecule has 0 heterocycles. The van der Waals surface area contributed by atoms with Crippen LogP contribution in [0.25, 0.3) is 0 Å². The second-order valence-corrected chi connectivity index (χ2v) is 4.71. The highest BCUT2D eigenvalue weighted by atomic mass is 79.9. The monoisotopic (exact) mass is 280 g/mol. The maximum atomic E-state index is 5.28. The lowest BCUT2D eigenvalue weighted by Crippen LogP contribution is -2.22. The molecule has 0 atom stereocenters. The molecule has 5 heteroatoms. The maximum absolute atomic E-state index is 5.28. The van der Waals surface area contributed by atoms with Crippen molar-refractivity contribution in [3.8, 4) is 0 Å². The summed E-state index contributed by atoms with van der Waals surface area (Å²) in [6.45, 7) is 0. The number of halogens is 1. The van der Waals surface area contributed by atoms with Crippen LogP contribution in [0.4, 0.5) is 0 Å². The zero-order valence-electron chi connectivity index (χ0n) is 8.73. The van der Waals surface area contributed by atoms with Crippen molar-refractivity contribution < 1.29 is 0 Å². The number of rotatable bonds is 3. The highest BCUT2D eigenvalue weighted by molar-refractivity contribution is 9.10. The Balaban J connectivity index is 2.29. The molecule has 0 amide bonds. The summed E-state index contributed by atoms with van der Waals surface area (Å²) in [7, 11) is 0. The Bertz CT molecular complexity index is 428. The van der Waals surface area contributed by atoms with Crippen molar-refractivity contribution in [1.29, 1.82) is 0 Å². The normalized spacial score (nSPS) is 15.9. The Morgan fingerprint density at radius 1 is 1.12 bits per heavy atom. The van der Waals surface area contributed by atoms with E-state index >= 15 is 0 Å². The fraction of sp³-hybridized carbons (Fsp3) is 0.273. The second-order valence-electron chi connectivity index (χ2n) is 3.79. The predicted octanol–water partition coefficient (Wildman–Crippen LogP) is 1.84. The smallest absolute Gasteiger partial charge is 0.211 e. The molecule has 4 N–H and O–H groups in total. The Morgan fingerprint density at radius 3 is 2.25 bits per heavy atom. The molecule has 1 aliphatic rings. The fourth-order valence-electron chi connectivity index (χ4n) is 1.46. The highest BCUT2D eigenvalue weighted by Gasteiger charge is 2.28. The summed E-state index contributed by atoms with van der Waals surface area (Å²) < 4.78 is 1.05. The largest absolute Gasteiger partial charge is 0.369 e. The number of guanidine groups is 1. The molecular weight excluding hydrogens is 268 g/mol. The van der Waals surface area contributed by atoms with Gasteiger partial charge in [-0.3, -0.25) is 0 Å². The van der Waals surface area contributed by atoms with E-state index in [9.17, 15) is 0 Å². The number of hydrogen-bond acceptors (Lipinski definition) is 2. The van der Waals surface area contributed by atoms with Gasteiger partial charge in [0.2, 0.25) is 5.96 Å².